The summed E-state index contributed by atoms with van der Waals surface area (Å²) in [5.74, 6) is -0.260. The predicted molar refractivity (Wildman–Crippen MR) is 227 cm³/mol. The van der Waals surface area contributed by atoms with E-state index in [0.29, 0.717) is 0 Å². The maximum absolute atomic E-state index is 14.9. The van der Waals surface area contributed by atoms with E-state index in [4.69, 9.17) is 0 Å². The maximum Gasteiger partial charge on any atom is 0.125 e. The van der Waals surface area contributed by atoms with Gasteiger partial charge in [0.1, 0.15) is 5.82 Å². The van der Waals surface area contributed by atoms with Gasteiger partial charge >= 0.3 is 0 Å². The van der Waals surface area contributed by atoms with Crippen LogP contribution in [0.4, 0.5) is 21.5 Å². The van der Waals surface area contributed by atoms with Crippen molar-refractivity contribution < 1.29 is 4.39 Å². The lowest BCUT2D eigenvalue weighted by molar-refractivity contribution is 0.627. The number of nitrogens with zero attached hydrogens (tertiary/aromatic N) is 3. The van der Waals surface area contributed by atoms with E-state index in [1.54, 1.807) is 12.1 Å². The van der Waals surface area contributed by atoms with Crippen molar-refractivity contribution >= 4 is 60.7 Å². The number of aromatic nitrogens is 2. The van der Waals surface area contributed by atoms with Gasteiger partial charge in [-0.2, -0.15) is 0 Å². The summed E-state index contributed by atoms with van der Waals surface area (Å²) >= 11 is 0. The van der Waals surface area contributed by atoms with Crippen molar-refractivity contribution in [3.63, 3.8) is 0 Å². The van der Waals surface area contributed by atoms with Crippen LogP contribution < -0.4 is 4.90 Å². The first-order valence-electron chi connectivity index (χ1n) is 18.9. The minimum atomic E-state index is -0.260. The van der Waals surface area contributed by atoms with Gasteiger partial charge in [-0.25, -0.2) is 4.39 Å². The molecular formula is C51H36FN3. The van der Waals surface area contributed by atoms with Crippen molar-refractivity contribution in [2.75, 3.05) is 4.90 Å². The Kier molecular flexibility index (Phi) is 6.78. The van der Waals surface area contributed by atoms with Crippen molar-refractivity contribution in [3.8, 4) is 22.5 Å². The van der Waals surface area contributed by atoms with Crippen LogP contribution in [0.2, 0.25) is 0 Å². The summed E-state index contributed by atoms with van der Waals surface area (Å²) in [6.07, 6.45) is 0. The summed E-state index contributed by atoms with van der Waals surface area (Å²) in [5, 5.41) is 4.57. The molecule has 3 nitrogen and oxygen atoms in total. The van der Waals surface area contributed by atoms with Gasteiger partial charge in [-0.3, -0.25) is 0 Å². The molecule has 0 atom stereocenters. The molecule has 0 radical (unpaired) electrons. The van der Waals surface area contributed by atoms with E-state index in [-0.39, 0.29) is 11.2 Å². The second-order valence-electron chi connectivity index (χ2n) is 15.1. The number of rotatable bonds is 5. The Bertz CT molecular complexity index is 3150. The van der Waals surface area contributed by atoms with Gasteiger partial charge in [-0.15, -0.1) is 0 Å². The summed E-state index contributed by atoms with van der Waals surface area (Å²) < 4.78 is 19.5. The first-order valence-corrected chi connectivity index (χ1v) is 18.9. The number of para-hydroxylation sites is 3. The van der Waals surface area contributed by atoms with E-state index in [1.165, 1.54) is 39.1 Å². The Morgan fingerprint density at radius 3 is 1.60 bits per heavy atom. The van der Waals surface area contributed by atoms with Gasteiger partial charge < -0.3 is 14.0 Å². The lowest BCUT2D eigenvalue weighted by Crippen LogP contribution is -2.16. The molecule has 0 N–H and O–H groups in total. The van der Waals surface area contributed by atoms with Crippen LogP contribution in [0.3, 0.4) is 0 Å². The lowest BCUT2D eigenvalue weighted by atomic mass is 9.82. The van der Waals surface area contributed by atoms with E-state index < -0.39 is 0 Å². The molecule has 262 valence electrons. The summed E-state index contributed by atoms with van der Waals surface area (Å²) in [4.78, 5) is 2.51. The monoisotopic (exact) mass is 709 g/mol. The zero-order valence-corrected chi connectivity index (χ0v) is 30.5. The number of hydrogen-bond acceptors (Lipinski definition) is 1. The molecule has 55 heavy (non-hydrogen) atoms. The van der Waals surface area contributed by atoms with Crippen LogP contribution in [-0.2, 0) is 5.41 Å². The predicted octanol–water partition coefficient (Wildman–Crippen LogP) is 13.8. The number of benzene rings is 8. The smallest absolute Gasteiger partial charge is 0.125 e. The van der Waals surface area contributed by atoms with Gasteiger partial charge in [0.2, 0.25) is 0 Å². The Morgan fingerprint density at radius 2 is 0.927 bits per heavy atom. The van der Waals surface area contributed by atoms with Gasteiger partial charge in [0.05, 0.1) is 39.1 Å². The molecule has 0 bridgehead atoms. The summed E-state index contributed by atoms with van der Waals surface area (Å²) in [6, 6.07) is 63.8. The molecule has 0 aliphatic heterocycles. The van der Waals surface area contributed by atoms with Crippen molar-refractivity contribution in [2.24, 2.45) is 0 Å². The lowest BCUT2D eigenvalue weighted by Gasteiger charge is -2.30. The maximum atomic E-state index is 14.9. The molecule has 11 rings (SSSR count). The zero-order valence-electron chi connectivity index (χ0n) is 30.5. The first-order chi connectivity index (χ1) is 27.0. The molecule has 0 spiro atoms. The van der Waals surface area contributed by atoms with E-state index in [9.17, 15) is 4.39 Å². The molecule has 0 fully saturated rings. The summed E-state index contributed by atoms with van der Waals surface area (Å²) in [5.41, 5.74) is 14.5. The highest BCUT2D eigenvalue weighted by atomic mass is 19.1. The number of anilines is 3. The highest BCUT2D eigenvalue weighted by molar-refractivity contribution is 6.21. The van der Waals surface area contributed by atoms with Crippen molar-refractivity contribution in [1.82, 2.24) is 9.13 Å². The average Bonchev–Trinajstić information content (AvgIpc) is 3.83. The molecule has 0 saturated heterocycles. The van der Waals surface area contributed by atoms with E-state index in [0.717, 1.165) is 61.3 Å². The van der Waals surface area contributed by atoms with Crippen LogP contribution in [0, 0.1) is 5.82 Å². The minimum absolute atomic E-state index is 0.178. The van der Waals surface area contributed by atoms with Crippen molar-refractivity contribution in [2.45, 2.75) is 19.3 Å². The fourth-order valence-electron chi connectivity index (χ4n) is 9.43. The van der Waals surface area contributed by atoms with Crippen molar-refractivity contribution in [1.29, 1.82) is 0 Å². The van der Waals surface area contributed by atoms with Gasteiger partial charge in [0.25, 0.3) is 0 Å². The third-order valence-corrected chi connectivity index (χ3v) is 11.7. The van der Waals surface area contributed by atoms with Gasteiger partial charge in [-0.05, 0) is 89.5 Å². The highest BCUT2D eigenvalue weighted by Gasteiger charge is 2.38. The van der Waals surface area contributed by atoms with Gasteiger partial charge in [-0.1, -0.05) is 123 Å². The summed E-state index contributed by atoms with van der Waals surface area (Å²) in [6.45, 7) is 4.68. The third-order valence-electron chi connectivity index (χ3n) is 11.7. The Hall–Kier alpha value is -6.91. The largest absolute Gasteiger partial charge is 0.309 e. The molecule has 10 aromatic rings. The Balaban J connectivity index is 1.31. The molecule has 0 amide bonds. The van der Waals surface area contributed by atoms with E-state index in [1.807, 2.05) is 6.07 Å². The number of fused-ring (bicyclic) bond motifs is 9. The van der Waals surface area contributed by atoms with E-state index in [2.05, 4.69) is 186 Å². The first kappa shape index (κ1) is 31.6. The quantitative estimate of drug-likeness (QED) is 0.173. The number of hydrogen-bond donors (Lipinski definition) is 0. The standard InChI is InChI=1S/C51H36FN3/c1-51(2)39-23-9-6-20-36(39)48-40(51)24-13-27-43(48)55(46-30-14-28-44-49(46)37-21-7-10-25-41(37)53(44)34-17-4-3-5-18-34)47-31-15-29-45-50(47)38-22-8-11-26-42(38)54(45)35-19-12-16-33(52)32-35/h3-32H,1-2H3. The molecule has 0 unspecified atom stereocenters. The fraction of sp³-hybridized carbons (Fsp3) is 0.0588. The Morgan fingerprint density at radius 1 is 0.436 bits per heavy atom. The average molecular weight is 710 g/mol. The van der Waals surface area contributed by atoms with E-state index >= 15 is 0 Å². The van der Waals surface area contributed by atoms with Crippen LogP contribution in [0.5, 0.6) is 0 Å². The summed E-state index contributed by atoms with van der Waals surface area (Å²) in [7, 11) is 0. The molecule has 8 aromatic carbocycles. The molecule has 2 heterocycles. The van der Waals surface area contributed by atoms with Crippen LogP contribution in [0.25, 0.3) is 66.1 Å². The normalized spacial score (nSPS) is 13.1. The topological polar surface area (TPSA) is 13.1 Å². The molecule has 1 aliphatic rings. The van der Waals surface area contributed by atoms with Gasteiger partial charge in [0.15, 0.2) is 0 Å². The van der Waals surface area contributed by atoms with Gasteiger partial charge in [0, 0.05) is 43.9 Å². The second-order valence-corrected chi connectivity index (χ2v) is 15.1. The zero-order chi connectivity index (χ0) is 36.8. The molecular weight excluding hydrogens is 674 g/mol. The number of halogens is 1. The van der Waals surface area contributed by atoms with Crippen LogP contribution in [0.1, 0.15) is 25.0 Å². The molecule has 4 heteroatoms. The highest BCUT2D eigenvalue weighted by Crippen LogP contribution is 2.56. The van der Waals surface area contributed by atoms with Crippen molar-refractivity contribution in [3.05, 3.63) is 199 Å². The van der Waals surface area contributed by atoms with Crippen LogP contribution in [-0.4, -0.2) is 9.13 Å². The minimum Gasteiger partial charge on any atom is -0.309 e. The van der Waals surface area contributed by atoms with Crippen LogP contribution >= 0.6 is 0 Å². The SMILES string of the molecule is CC1(C)c2ccccc2-c2c(N(c3cccc4c3c3ccccc3n4-c3ccccc3)c3cccc4c3c3ccccc3n4-c3cccc(F)c3)cccc21. The molecule has 2 aromatic heterocycles. The molecule has 0 saturated carbocycles. The van der Waals surface area contributed by atoms with Crippen LogP contribution in [0.15, 0.2) is 182 Å². The second kappa shape index (κ2) is 11.8. The fourth-order valence-corrected chi connectivity index (χ4v) is 9.43. The Labute approximate surface area is 318 Å². The molecule has 1 aliphatic carbocycles. The third kappa shape index (κ3) is 4.49.